The van der Waals surface area contributed by atoms with Crippen LogP contribution < -0.4 is 9.64 Å². The molecule has 0 saturated carbocycles. The van der Waals surface area contributed by atoms with Gasteiger partial charge >= 0.3 is 5.97 Å². The van der Waals surface area contributed by atoms with Gasteiger partial charge in [-0.1, -0.05) is 34.8 Å². The summed E-state index contributed by atoms with van der Waals surface area (Å²) < 4.78 is 5.76. The molecule has 3 aromatic rings. The third-order valence-electron chi connectivity index (χ3n) is 4.63. The number of aromatic carboxylic acids is 1. The first-order valence-electron chi connectivity index (χ1n) is 8.83. The van der Waals surface area contributed by atoms with Crippen molar-refractivity contribution in [2.24, 2.45) is 0 Å². The van der Waals surface area contributed by atoms with E-state index in [0.717, 1.165) is 16.2 Å². The molecule has 1 aliphatic heterocycles. The molecule has 0 spiro atoms. The van der Waals surface area contributed by atoms with Crippen molar-refractivity contribution in [3.63, 3.8) is 0 Å². The molecular weight excluding hydrogens is 485 g/mol. The van der Waals surface area contributed by atoms with Gasteiger partial charge in [0.1, 0.15) is 17.2 Å². The number of carboxylic acid groups (broad SMARTS) is 1. The third-order valence-corrected chi connectivity index (χ3v) is 6.57. The van der Waals surface area contributed by atoms with Crippen molar-refractivity contribution >= 4 is 69.6 Å². The molecular formula is C21H12Cl3NO5S. The molecule has 4 rings (SSSR count). The van der Waals surface area contributed by atoms with E-state index in [1.54, 1.807) is 24.3 Å². The molecule has 0 fully saturated rings. The normalized spacial score (nSPS) is 13.3. The van der Waals surface area contributed by atoms with Crippen LogP contribution in [-0.4, -0.2) is 22.9 Å². The SMILES string of the molecule is O=C(O)c1scc2c1C(=O)N(c1cc(OCc3cc(Cl)ccc3Cl)ccc1Cl)C(=O)C2. The first-order chi connectivity index (χ1) is 14.8. The molecule has 158 valence electrons. The van der Waals surface area contributed by atoms with Crippen LogP contribution in [0.5, 0.6) is 5.75 Å². The molecule has 1 N–H and O–H groups in total. The molecule has 6 nitrogen and oxygen atoms in total. The summed E-state index contributed by atoms with van der Waals surface area (Å²) in [5, 5.41) is 12.0. The molecule has 0 bridgehead atoms. The van der Waals surface area contributed by atoms with Crippen LogP contribution in [0.1, 0.15) is 31.2 Å². The monoisotopic (exact) mass is 495 g/mol. The Morgan fingerprint density at radius 3 is 2.58 bits per heavy atom. The van der Waals surface area contributed by atoms with Gasteiger partial charge in [-0.2, -0.15) is 0 Å². The summed E-state index contributed by atoms with van der Waals surface area (Å²) in [6.45, 7) is 0.0974. The van der Waals surface area contributed by atoms with E-state index in [1.807, 2.05) is 0 Å². The number of ether oxygens (including phenoxy) is 1. The Kier molecular flexibility index (Phi) is 5.94. The predicted molar refractivity (Wildman–Crippen MR) is 119 cm³/mol. The van der Waals surface area contributed by atoms with Crippen LogP contribution in [0, 0.1) is 0 Å². The first-order valence-corrected chi connectivity index (χ1v) is 10.8. The zero-order chi connectivity index (χ0) is 22.3. The lowest BCUT2D eigenvalue weighted by Crippen LogP contribution is -2.42. The van der Waals surface area contributed by atoms with Crippen LogP contribution >= 0.6 is 46.1 Å². The average molecular weight is 497 g/mol. The topological polar surface area (TPSA) is 83.9 Å². The van der Waals surface area contributed by atoms with Crippen molar-refractivity contribution in [2.45, 2.75) is 13.0 Å². The fourth-order valence-electron chi connectivity index (χ4n) is 3.20. The van der Waals surface area contributed by atoms with Gasteiger partial charge in [-0.05, 0) is 41.3 Å². The summed E-state index contributed by atoms with van der Waals surface area (Å²) in [5.41, 5.74) is 1.17. The Labute approximate surface area is 195 Å². The number of nitrogens with zero attached hydrogens (tertiary/aromatic N) is 1. The van der Waals surface area contributed by atoms with Crippen LogP contribution in [0.4, 0.5) is 5.69 Å². The van der Waals surface area contributed by atoms with E-state index in [4.69, 9.17) is 39.5 Å². The van der Waals surface area contributed by atoms with Gasteiger partial charge in [0, 0.05) is 21.7 Å². The zero-order valence-corrected chi connectivity index (χ0v) is 18.6. The number of carbonyl (C=O) groups excluding carboxylic acids is 2. The molecule has 31 heavy (non-hydrogen) atoms. The van der Waals surface area contributed by atoms with E-state index in [9.17, 15) is 19.5 Å². The number of carbonyl (C=O) groups is 3. The lowest BCUT2D eigenvalue weighted by atomic mass is 10.0. The maximum absolute atomic E-state index is 13.1. The van der Waals surface area contributed by atoms with Gasteiger partial charge in [0.15, 0.2) is 0 Å². The highest BCUT2D eigenvalue weighted by Gasteiger charge is 2.37. The van der Waals surface area contributed by atoms with Crippen LogP contribution in [0.15, 0.2) is 41.8 Å². The first kappa shape index (κ1) is 21.6. The van der Waals surface area contributed by atoms with Crippen LogP contribution in [0.2, 0.25) is 15.1 Å². The highest BCUT2D eigenvalue weighted by atomic mass is 35.5. The fourth-order valence-corrected chi connectivity index (χ4v) is 4.66. The number of fused-ring (bicyclic) bond motifs is 1. The number of benzene rings is 2. The maximum Gasteiger partial charge on any atom is 0.346 e. The summed E-state index contributed by atoms with van der Waals surface area (Å²) in [6.07, 6.45) is -0.107. The lowest BCUT2D eigenvalue weighted by Gasteiger charge is -2.26. The van der Waals surface area contributed by atoms with E-state index in [0.29, 0.717) is 26.9 Å². The van der Waals surface area contributed by atoms with E-state index >= 15 is 0 Å². The molecule has 0 aliphatic carbocycles. The number of amides is 2. The Morgan fingerprint density at radius 1 is 1.10 bits per heavy atom. The van der Waals surface area contributed by atoms with Crippen molar-refractivity contribution in [2.75, 3.05) is 4.90 Å². The number of thiophene rings is 1. The minimum Gasteiger partial charge on any atom is -0.489 e. The number of halogens is 3. The van der Waals surface area contributed by atoms with Gasteiger partial charge < -0.3 is 9.84 Å². The molecule has 1 aliphatic rings. The third kappa shape index (κ3) is 4.14. The summed E-state index contributed by atoms with van der Waals surface area (Å²) in [5.74, 6) is -2.13. The highest BCUT2D eigenvalue weighted by Crippen LogP contribution is 2.37. The van der Waals surface area contributed by atoms with Crippen LogP contribution in [0.25, 0.3) is 0 Å². The Bertz CT molecular complexity index is 1240. The smallest absolute Gasteiger partial charge is 0.346 e. The maximum atomic E-state index is 13.1. The van der Waals surface area contributed by atoms with Gasteiger partial charge in [-0.15, -0.1) is 11.3 Å². The van der Waals surface area contributed by atoms with Gasteiger partial charge in [0.25, 0.3) is 5.91 Å². The van der Waals surface area contributed by atoms with Gasteiger partial charge in [-0.25, -0.2) is 9.69 Å². The lowest BCUT2D eigenvalue weighted by molar-refractivity contribution is -0.117. The van der Waals surface area contributed by atoms with E-state index in [2.05, 4.69) is 0 Å². The summed E-state index contributed by atoms with van der Waals surface area (Å²) in [4.78, 5) is 38.0. The van der Waals surface area contributed by atoms with E-state index in [-0.39, 0.29) is 34.2 Å². The Hall–Kier alpha value is -2.58. The van der Waals surface area contributed by atoms with Crippen molar-refractivity contribution in [1.29, 1.82) is 0 Å². The largest absolute Gasteiger partial charge is 0.489 e. The number of rotatable bonds is 5. The molecule has 2 aromatic carbocycles. The standard InChI is InChI=1S/C21H12Cl3NO5S/c22-12-1-3-14(23)10(5-12)8-30-13-2-4-15(24)16(7-13)25-17(26)6-11-9-31-19(21(28)29)18(11)20(25)27/h1-5,7,9H,6,8H2,(H,28,29). The van der Waals surface area contributed by atoms with Crippen molar-refractivity contribution < 1.29 is 24.2 Å². The number of hydrogen-bond acceptors (Lipinski definition) is 5. The molecule has 0 atom stereocenters. The van der Waals surface area contributed by atoms with E-state index < -0.39 is 17.8 Å². The molecule has 0 radical (unpaired) electrons. The highest BCUT2D eigenvalue weighted by molar-refractivity contribution is 7.12. The van der Waals surface area contributed by atoms with Gasteiger partial charge in [0.05, 0.1) is 22.7 Å². The molecule has 10 heteroatoms. The number of imide groups is 1. The van der Waals surface area contributed by atoms with Gasteiger partial charge in [-0.3, -0.25) is 9.59 Å². The Balaban J connectivity index is 1.66. The fraction of sp³-hybridized carbons (Fsp3) is 0.0952. The van der Waals surface area contributed by atoms with Gasteiger partial charge in [0.2, 0.25) is 5.91 Å². The second-order valence-corrected chi connectivity index (χ2v) is 8.75. The van der Waals surface area contributed by atoms with Crippen molar-refractivity contribution in [1.82, 2.24) is 0 Å². The summed E-state index contributed by atoms with van der Waals surface area (Å²) in [6, 6.07) is 9.51. The number of hydrogen-bond donors (Lipinski definition) is 1. The van der Waals surface area contributed by atoms with Crippen LogP contribution in [0.3, 0.4) is 0 Å². The predicted octanol–water partition coefficient (Wildman–Crippen LogP) is 5.72. The van der Waals surface area contributed by atoms with Crippen molar-refractivity contribution in [3.05, 3.63) is 78.4 Å². The van der Waals surface area contributed by atoms with E-state index in [1.165, 1.54) is 17.5 Å². The molecule has 0 saturated heterocycles. The molecule has 2 heterocycles. The molecule has 1 aromatic heterocycles. The summed E-state index contributed by atoms with van der Waals surface area (Å²) >= 11 is 19.3. The molecule has 2 amide bonds. The number of anilines is 1. The zero-order valence-electron chi connectivity index (χ0n) is 15.5. The van der Waals surface area contributed by atoms with Crippen molar-refractivity contribution in [3.8, 4) is 5.75 Å². The molecule has 0 unspecified atom stereocenters. The quantitative estimate of drug-likeness (QED) is 0.457. The Morgan fingerprint density at radius 2 is 1.84 bits per heavy atom. The minimum atomic E-state index is -1.23. The van der Waals surface area contributed by atoms with Crippen LogP contribution in [-0.2, 0) is 17.8 Å². The minimum absolute atomic E-state index is 0.00481. The number of carboxylic acids is 1. The average Bonchev–Trinajstić information content (AvgIpc) is 3.15. The second kappa shape index (κ2) is 8.51. The summed E-state index contributed by atoms with van der Waals surface area (Å²) in [7, 11) is 0. The second-order valence-electron chi connectivity index (χ2n) is 6.62.